The Morgan fingerprint density at radius 1 is 1.11 bits per heavy atom. The van der Waals surface area contributed by atoms with E-state index >= 15 is 0 Å². The molecule has 0 saturated carbocycles. The molecule has 3 aromatic rings. The quantitative estimate of drug-likeness (QED) is 0.528. The van der Waals surface area contributed by atoms with Crippen molar-refractivity contribution >= 4 is 11.9 Å². The summed E-state index contributed by atoms with van der Waals surface area (Å²) in [7, 11) is 1.59. The predicted molar refractivity (Wildman–Crippen MR) is 132 cm³/mol. The molecule has 0 aromatic heterocycles. The summed E-state index contributed by atoms with van der Waals surface area (Å²) in [5.41, 5.74) is 4.77. The molecule has 2 aliphatic rings. The first-order valence-electron chi connectivity index (χ1n) is 11.9. The Balaban J connectivity index is 1.48. The van der Waals surface area contributed by atoms with Crippen LogP contribution >= 0.6 is 0 Å². The second kappa shape index (κ2) is 8.77. The zero-order valence-corrected chi connectivity index (χ0v) is 20.1. The number of carbonyl (C=O) groups is 2. The van der Waals surface area contributed by atoms with Crippen LogP contribution in [0.15, 0.2) is 60.7 Å². The summed E-state index contributed by atoms with van der Waals surface area (Å²) in [6.45, 7) is 4.09. The minimum absolute atomic E-state index is 0.00759. The van der Waals surface area contributed by atoms with Gasteiger partial charge in [-0.25, -0.2) is 4.79 Å². The van der Waals surface area contributed by atoms with Crippen LogP contribution in [-0.4, -0.2) is 24.1 Å². The van der Waals surface area contributed by atoms with Gasteiger partial charge >= 0.3 is 5.97 Å². The smallest absolute Gasteiger partial charge is 0.335 e. The second-order valence-corrected chi connectivity index (χ2v) is 9.70. The lowest BCUT2D eigenvalue weighted by molar-refractivity contribution is -0.127. The van der Waals surface area contributed by atoms with Crippen LogP contribution in [0.2, 0.25) is 0 Å². The van der Waals surface area contributed by atoms with E-state index in [2.05, 4.69) is 30.4 Å². The van der Waals surface area contributed by atoms with Gasteiger partial charge in [0.2, 0.25) is 5.91 Å². The van der Waals surface area contributed by atoms with Gasteiger partial charge in [-0.05, 0) is 67.6 Å². The number of amides is 1. The minimum Gasteiger partial charge on any atom is -0.497 e. The maximum atomic E-state index is 13.7. The molecule has 6 nitrogen and oxygen atoms in total. The topological polar surface area (TPSA) is 84.9 Å². The van der Waals surface area contributed by atoms with E-state index in [4.69, 9.17) is 9.47 Å². The maximum absolute atomic E-state index is 13.7. The highest BCUT2D eigenvalue weighted by Gasteiger charge is 2.43. The fourth-order valence-corrected chi connectivity index (χ4v) is 5.33. The van der Waals surface area contributed by atoms with E-state index < -0.39 is 17.5 Å². The number of fused-ring (bicyclic) bond motifs is 2. The van der Waals surface area contributed by atoms with Crippen LogP contribution < -0.4 is 14.8 Å². The van der Waals surface area contributed by atoms with E-state index in [0.29, 0.717) is 17.9 Å². The number of carboxylic acids is 1. The number of hydrogen-bond acceptors (Lipinski definition) is 4. The van der Waals surface area contributed by atoms with Crippen LogP contribution in [0.1, 0.15) is 70.1 Å². The zero-order chi connectivity index (χ0) is 24.7. The molecule has 1 amide bonds. The Hall–Kier alpha value is -3.80. The lowest BCUT2D eigenvalue weighted by Crippen LogP contribution is -2.44. The summed E-state index contributed by atoms with van der Waals surface area (Å²) in [5, 5.41) is 12.7. The minimum atomic E-state index is -0.988. The number of aromatic carboxylic acids is 1. The molecule has 0 radical (unpaired) electrons. The van der Waals surface area contributed by atoms with Crippen molar-refractivity contribution < 1.29 is 24.2 Å². The van der Waals surface area contributed by atoms with Gasteiger partial charge in [0.1, 0.15) is 17.6 Å². The standard InChI is InChI=1S/C29H29NO5/c1-17-7-10-23-18(13-17)11-12-29(23,2)28(33)30-24-16-25(19-5-4-6-20(14-19)27(31)32)35-26-15-21(34-3)8-9-22(24)26/h4-10,13-15,24-25H,11-12,16H2,1-3H3,(H,30,33)(H,31,32)/t24-,25-,29+/m1/s1. The molecule has 3 aromatic carbocycles. The number of methoxy groups -OCH3 is 1. The molecule has 0 bridgehead atoms. The van der Waals surface area contributed by atoms with Crippen molar-refractivity contribution in [1.82, 2.24) is 5.32 Å². The van der Waals surface area contributed by atoms with Crippen LogP contribution in [0.4, 0.5) is 0 Å². The number of hydrogen-bond donors (Lipinski definition) is 2. The number of benzene rings is 3. The third-order valence-corrected chi connectivity index (χ3v) is 7.38. The van der Waals surface area contributed by atoms with Gasteiger partial charge in [0.15, 0.2) is 0 Å². The van der Waals surface area contributed by atoms with Gasteiger partial charge in [-0.15, -0.1) is 0 Å². The number of aryl methyl sites for hydroxylation is 2. The van der Waals surface area contributed by atoms with Gasteiger partial charge in [0, 0.05) is 18.1 Å². The van der Waals surface area contributed by atoms with E-state index in [-0.39, 0.29) is 17.5 Å². The normalized spacial score (nSPS) is 22.5. The van der Waals surface area contributed by atoms with Crippen molar-refractivity contribution in [1.29, 1.82) is 0 Å². The third-order valence-electron chi connectivity index (χ3n) is 7.38. The Bertz CT molecular complexity index is 1320. The van der Waals surface area contributed by atoms with Gasteiger partial charge < -0.3 is 19.9 Å². The molecule has 2 N–H and O–H groups in total. The lowest BCUT2D eigenvalue weighted by atomic mass is 9.82. The molecule has 0 spiro atoms. The highest BCUT2D eigenvalue weighted by molar-refractivity contribution is 5.90. The maximum Gasteiger partial charge on any atom is 0.335 e. The molecule has 5 rings (SSSR count). The lowest BCUT2D eigenvalue weighted by Gasteiger charge is -2.35. The molecule has 0 saturated heterocycles. The first kappa shape index (κ1) is 23.0. The zero-order valence-electron chi connectivity index (χ0n) is 20.1. The Kier molecular flexibility index (Phi) is 5.75. The van der Waals surface area contributed by atoms with Crippen LogP contribution in [0, 0.1) is 6.92 Å². The number of nitrogens with one attached hydrogen (secondary N) is 1. The number of ether oxygens (including phenoxy) is 2. The Morgan fingerprint density at radius 2 is 1.94 bits per heavy atom. The van der Waals surface area contributed by atoms with Gasteiger partial charge in [-0.3, -0.25) is 4.79 Å². The molecule has 0 unspecified atom stereocenters. The average Bonchev–Trinajstić information content (AvgIpc) is 3.20. The summed E-state index contributed by atoms with van der Waals surface area (Å²) in [5.74, 6) is 0.282. The molecule has 35 heavy (non-hydrogen) atoms. The SMILES string of the molecule is COc1ccc2c(c1)O[C@@H](c1cccc(C(=O)O)c1)C[C@H]2NC(=O)[C@@]1(C)CCc2cc(C)ccc21. The van der Waals surface area contributed by atoms with Crippen molar-refractivity contribution in [3.05, 3.63) is 94.0 Å². The van der Waals surface area contributed by atoms with E-state index in [1.54, 1.807) is 25.3 Å². The number of rotatable bonds is 5. The first-order chi connectivity index (χ1) is 16.8. The fraction of sp³-hybridized carbons (Fsp3) is 0.310. The first-order valence-corrected chi connectivity index (χ1v) is 11.9. The van der Waals surface area contributed by atoms with E-state index in [0.717, 1.165) is 29.5 Å². The Labute approximate surface area is 204 Å². The molecule has 1 aliphatic carbocycles. The summed E-state index contributed by atoms with van der Waals surface area (Å²) in [6, 6.07) is 18.4. The molecular formula is C29H29NO5. The van der Waals surface area contributed by atoms with Crippen molar-refractivity contribution in [3.63, 3.8) is 0 Å². The van der Waals surface area contributed by atoms with Gasteiger partial charge in [0.25, 0.3) is 0 Å². The molecule has 180 valence electrons. The molecule has 6 heteroatoms. The van der Waals surface area contributed by atoms with Crippen LogP contribution in [-0.2, 0) is 16.6 Å². The van der Waals surface area contributed by atoms with Crippen LogP contribution in [0.25, 0.3) is 0 Å². The highest BCUT2D eigenvalue weighted by atomic mass is 16.5. The largest absolute Gasteiger partial charge is 0.497 e. The van der Waals surface area contributed by atoms with Crippen molar-refractivity contribution in [2.24, 2.45) is 0 Å². The molecule has 1 heterocycles. The van der Waals surface area contributed by atoms with Crippen LogP contribution in [0.3, 0.4) is 0 Å². The molecular weight excluding hydrogens is 442 g/mol. The molecule has 3 atom stereocenters. The fourth-order valence-electron chi connectivity index (χ4n) is 5.33. The molecule has 1 aliphatic heterocycles. The van der Waals surface area contributed by atoms with E-state index in [9.17, 15) is 14.7 Å². The van der Waals surface area contributed by atoms with Gasteiger partial charge in [-0.2, -0.15) is 0 Å². The molecule has 0 fully saturated rings. The predicted octanol–water partition coefficient (Wildman–Crippen LogP) is 5.29. The summed E-state index contributed by atoms with van der Waals surface area (Å²) in [4.78, 5) is 25.3. The monoisotopic (exact) mass is 471 g/mol. The Morgan fingerprint density at radius 3 is 2.71 bits per heavy atom. The van der Waals surface area contributed by atoms with Crippen molar-refractivity contribution in [3.8, 4) is 11.5 Å². The van der Waals surface area contributed by atoms with Gasteiger partial charge in [0.05, 0.1) is 24.1 Å². The number of carboxylic acid groups (broad SMARTS) is 1. The summed E-state index contributed by atoms with van der Waals surface area (Å²) >= 11 is 0. The van der Waals surface area contributed by atoms with E-state index in [1.165, 1.54) is 11.1 Å². The third kappa shape index (κ3) is 4.14. The highest BCUT2D eigenvalue weighted by Crippen LogP contribution is 2.44. The van der Waals surface area contributed by atoms with Crippen molar-refractivity contribution in [2.45, 2.75) is 50.7 Å². The number of carbonyl (C=O) groups excluding carboxylic acids is 1. The summed E-state index contributed by atoms with van der Waals surface area (Å²) < 4.78 is 11.7. The van der Waals surface area contributed by atoms with Crippen LogP contribution in [0.5, 0.6) is 11.5 Å². The van der Waals surface area contributed by atoms with Crippen molar-refractivity contribution in [2.75, 3.05) is 7.11 Å². The second-order valence-electron chi connectivity index (χ2n) is 9.70. The summed E-state index contributed by atoms with van der Waals surface area (Å²) in [6.07, 6.45) is 1.73. The van der Waals surface area contributed by atoms with E-state index in [1.807, 2.05) is 31.2 Å². The van der Waals surface area contributed by atoms with Gasteiger partial charge in [-0.1, -0.05) is 35.9 Å². The average molecular weight is 472 g/mol.